The van der Waals surface area contributed by atoms with Crippen molar-refractivity contribution < 1.29 is 19.1 Å². The Balaban J connectivity index is 1.93. The van der Waals surface area contributed by atoms with Crippen LogP contribution in [0.1, 0.15) is 37.0 Å². The van der Waals surface area contributed by atoms with E-state index in [1.54, 1.807) is 31.2 Å². The van der Waals surface area contributed by atoms with Crippen molar-refractivity contribution in [3.8, 4) is 0 Å². The summed E-state index contributed by atoms with van der Waals surface area (Å²) in [6, 6.07) is 6.63. The Morgan fingerprint density at radius 1 is 1.30 bits per heavy atom. The Morgan fingerprint density at radius 2 is 2.00 bits per heavy atom. The average Bonchev–Trinajstić information content (AvgIpc) is 2.86. The number of benzene rings is 1. The molecular formula is C15H19NO4. The fourth-order valence-corrected chi connectivity index (χ4v) is 2.12. The quantitative estimate of drug-likeness (QED) is 0.858. The number of hydrogen-bond acceptors (Lipinski definition) is 4. The summed E-state index contributed by atoms with van der Waals surface area (Å²) >= 11 is 0. The summed E-state index contributed by atoms with van der Waals surface area (Å²) in [7, 11) is 0. The van der Waals surface area contributed by atoms with E-state index in [9.17, 15) is 9.59 Å². The van der Waals surface area contributed by atoms with E-state index in [2.05, 4.69) is 5.32 Å². The molecule has 5 nitrogen and oxygen atoms in total. The first kappa shape index (κ1) is 14.5. The van der Waals surface area contributed by atoms with Crippen LogP contribution in [0.4, 0.5) is 5.69 Å². The normalized spacial score (nSPS) is 21.5. The molecule has 1 saturated heterocycles. The number of amides is 1. The lowest BCUT2D eigenvalue weighted by Crippen LogP contribution is -2.27. The summed E-state index contributed by atoms with van der Waals surface area (Å²) in [5.41, 5.74) is 1.11. The van der Waals surface area contributed by atoms with Gasteiger partial charge in [-0.1, -0.05) is 0 Å². The van der Waals surface area contributed by atoms with Crippen molar-refractivity contribution in [3.63, 3.8) is 0 Å². The van der Waals surface area contributed by atoms with Crippen molar-refractivity contribution in [2.24, 2.45) is 0 Å². The smallest absolute Gasteiger partial charge is 0.338 e. The molecule has 0 bridgehead atoms. The SMILES string of the molecule is CCOC(=O)c1ccc(NC(=O)C2CCC(C)O2)cc1. The number of rotatable bonds is 4. The number of anilines is 1. The number of carbonyl (C=O) groups excluding carboxylic acids is 2. The molecule has 5 heteroatoms. The van der Waals surface area contributed by atoms with Gasteiger partial charge in [0.1, 0.15) is 6.10 Å². The molecule has 1 aliphatic rings. The minimum Gasteiger partial charge on any atom is -0.462 e. The molecule has 108 valence electrons. The Bertz CT molecular complexity index is 483. The van der Waals surface area contributed by atoms with Crippen LogP contribution < -0.4 is 5.32 Å². The highest BCUT2D eigenvalue weighted by Crippen LogP contribution is 2.20. The van der Waals surface area contributed by atoms with Crippen molar-refractivity contribution in [2.75, 3.05) is 11.9 Å². The van der Waals surface area contributed by atoms with Gasteiger partial charge in [0.05, 0.1) is 18.3 Å². The molecule has 1 aliphatic heterocycles. The molecule has 1 aromatic carbocycles. The molecule has 1 amide bonds. The molecule has 2 unspecified atom stereocenters. The van der Waals surface area contributed by atoms with Gasteiger partial charge in [0.15, 0.2) is 0 Å². The van der Waals surface area contributed by atoms with Gasteiger partial charge in [-0.25, -0.2) is 4.79 Å². The monoisotopic (exact) mass is 277 g/mol. The maximum absolute atomic E-state index is 12.0. The first-order chi connectivity index (χ1) is 9.60. The number of esters is 1. The van der Waals surface area contributed by atoms with Crippen LogP contribution in [0.15, 0.2) is 24.3 Å². The maximum atomic E-state index is 12.0. The van der Waals surface area contributed by atoms with Gasteiger partial charge in [-0.3, -0.25) is 4.79 Å². The van der Waals surface area contributed by atoms with Crippen molar-refractivity contribution in [1.29, 1.82) is 0 Å². The van der Waals surface area contributed by atoms with Crippen LogP contribution in [0.3, 0.4) is 0 Å². The van der Waals surface area contributed by atoms with Crippen LogP contribution in [0.2, 0.25) is 0 Å². The van der Waals surface area contributed by atoms with Crippen LogP contribution in [-0.4, -0.2) is 30.7 Å². The highest BCUT2D eigenvalue weighted by atomic mass is 16.5. The van der Waals surface area contributed by atoms with E-state index in [1.807, 2.05) is 6.92 Å². The van der Waals surface area contributed by atoms with E-state index in [4.69, 9.17) is 9.47 Å². The standard InChI is InChI=1S/C15H19NO4/c1-3-19-15(18)11-5-7-12(8-6-11)16-14(17)13-9-4-10(2)20-13/h5-8,10,13H,3-4,9H2,1-2H3,(H,16,17). The third-order valence-corrected chi connectivity index (χ3v) is 3.19. The topological polar surface area (TPSA) is 64.6 Å². The molecular weight excluding hydrogens is 258 g/mol. The van der Waals surface area contributed by atoms with Gasteiger partial charge in [-0.15, -0.1) is 0 Å². The number of nitrogens with one attached hydrogen (secondary N) is 1. The summed E-state index contributed by atoms with van der Waals surface area (Å²) in [6.07, 6.45) is 1.40. The molecule has 0 aromatic heterocycles. The van der Waals surface area contributed by atoms with E-state index in [-0.39, 0.29) is 24.1 Å². The maximum Gasteiger partial charge on any atom is 0.338 e. The molecule has 0 radical (unpaired) electrons. The van der Waals surface area contributed by atoms with Crippen LogP contribution in [0.5, 0.6) is 0 Å². The van der Waals surface area contributed by atoms with E-state index in [0.29, 0.717) is 17.9 Å². The Hall–Kier alpha value is -1.88. The Kier molecular flexibility index (Phi) is 4.74. The fraction of sp³-hybridized carbons (Fsp3) is 0.467. The van der Waals surface area contributed by atoms with Gasteiger partial charge >= 0.3 is 5.97 Å². The van der Waals surface area contributed by atoms with Gasteiger partial charge in [0.25, 0.3) is 5.91 Å². The van der Waals surface area contributed by atoms with Crippen molar-refractivity contribution >= 4 is 17.6 Å². The second kappa shape index (κ2) is 6.52. The fourth-order valence-electron chi connectivity index (χ4n) is 2.12. The highest BCUT2D eigenvalue weighted by Gasteiger charge is 2.28. The lowest BCUT2D eigenvalue weighted by molar-refractivity contribution is -0.126. The molecule has 0 spiro atoms. The van der Waals surface area contributed by atoms with Gasteiger partial charge < -0.3 is 14.8 Å². The second-order valence-electron chi connectivity index (χ2n) is 4.80. The first-order valence-corrected chi connectivity index (χ1v) is 6.83. The predicted octanol–water partition coefficient (Wildman–Crippen LogP) is 2.37. The molecule has 20 heavy (non-hydrogen) atoms. The largest absolute Gasteiger partial charge is 0.462 e. The van der Waals surface area contributed by atoms with E-state index in [1.165, 1.54) is 0 Å². The predicted molar refractivity (Wildman–Crippen MR) is 74.6 cm³/mol. The summed E-state index contributed by atoms with van der Waals surface area (Å²) in [6.45, 7) is 4.06. The molecule has 2 atom stereocenters. The third-order valence-electron chi connectivity index (χ3n) is 3.19. The lowest BCUT2D eigenvalue weighted by atomic mass is 10.2. The van der Waals surface area contributed by atoms with Gasteiger partial charge in [-0.2, -0.15) is 0 Å². The minimum absolute atomic E-state index is 0.136. The van der Waals surface area contributed by atoms with Crippen molar-refractivity contribution in [3.05, 3.63) is 29.8 Å². The van der Waals surface area contributed by atoms with Gasteiger partial charge in [0.2, 0.25) is 0 Å². The zero-order chi connectivity index (χ0) is 14.5. The van der Waals surface area contributed by atoms with Crippen LogP contribution >= 0.6 is 0 Å². The second-order valence-corrected chi connectivity index (χ2v) is 4.80. The molecule has 1 heterocycles. The molecule has 0 aliphatic carbocycles. The first-order valence-electron chi connectivity index (χ1n) is 6.83. The lowest BCUT2D eigenvalue weighted by Gasteiger charge is -2.12. The van der Waals surface area contributed by atoms with E-state index < -0.39 is 0 Å². The van der Waals surface area contributed by atoms with Crippen LogP contribution in [-0.2, 0) is 14.3 Å². The minimum atomic E-state index is -0.380. The molecule has 1 N–H and O–H groups in total. The van der Waals surface area contributed by atoms with Crippen LogP contribution in [0.25, 0.3) is 0 Å². The summed E-state index contributed by atoms with van der Waals surface area (Å²) in [5, 5.41) is 2.79. The van der Waals surface area contributed by atoms with Crippen molar-refractivity contribution in [1.82, 2.24) is 0 Å². The Labute approximate surface area is 118 Å². The van der Waals surface area contributed by atoms with Crippen LogP contribution in [0, 0.1) is 0 Å². The van der Waals surface area contributed by atoms with Gasteiger partial charge in [-0.05, 0) is 51.0 Å². The number of carbonyl (C=O) groups is 2. The van der Waals surface area contributed by atoms with E-state index >= 15 is 0 Å². The molecule has 1 fully saturated rings. The molecule has 0 saturated carbocycles. The third kappa shape index (κ3) is 3.57. The zero-order valence-electron chi connectivity index (χ0n) is 11.7. The summed E-state index contributed by atoms with van der Waals surface area (Å²) < 4.78 is 10.4. The summed E-state index contributed by atoms with van der Waals surface area (Å²) in [5.74, 6) is -0.503. The highest BCUT2D eigenvalue weighted by molar-refractivity contribution is 5.95. The van der Waals surface area contributed by atoms with Gasteiger partial charge in [0, 0.05) is 5.69 Å². The zero-order valence-corrected chi connectivity index (χ0v) is 11.7. The van der Waals surface area contributed by atoms with Crippen molar-refractivity contribution in [2.45, 2.75) is 38.9 Å². The number of hydrogen-bond donors (Lipinski definition) is 1. The molecule has 2 rings (SSSR count). The number of ether oxygens (including phenoxy) is 2. The molecule has 1 aromatic rings. The van der Waals surface area contributed by atoms with E-state index in [0.717, 1.165) is 12.8 Å². The Morgan fingerprint density at radius 3 is 2.55 bits per heavy atom. The summed E-state index contributed by atoms with van der Waals surface area (Å²) in [4.78, 5) is 23.4. The average molecular weight is 277 g/mol.